The van der Waals surface area contributed by atoms with Crippen LogP contribution in [0.5, 0.6) is 0 Å². The van der Waals surface area contributed by atoms with Crippen LogP contribution >= 0.6 is 0 Å². The van der Waals surface area contributed by atoms with Gasteiger partial charge < -0.3 is 10.0 Å². The highest BCUT2D eigenvalue weighted by Gasteiger charge is 2.31. The minimum absolute atomic E-state index is 0.0856. The second kappa shape index (κ2) is 3.41. The molecule has 1 atom stereocenters. The van der Waals surface area contributed by atoms with Crippen molar-refractivity contribution in [3.63, 3.8) is 0 Å². The number of carbonyl (C=O) groups excluding carboxylic acids is 1. The number of aliphatic hydroxyl groups is 1. The molecule has 4 nitrogen and oxygen atoms in total. The summed E-state index contributed by atoms with van der Waals surface area (Å²) in [6, 6.07) is -0.0856. The number of β-amino-alcohol motifs (C(OH)–C–C–N with tert-alkyl or cyclic N) is 1. The lowest BCUT2D eigenvalue weighted by Gasteiger charge is -2.38. The average molecular weight is 172 g/mol. The molecule has 1 amide bonds. The van der Waals surface area contributed by atoms with Gasteiger partial charge in [-0.1, -0.05) is 0 Å². The molecule has 0 bridgehead atoms. The van der Waals surface area contributed by atoms with E-state index in [4.69, 9.17) is 5.11 Å². The van der Waals surface area contributed by atoms with E-state index in [1.807, 2.05) is 25.9 Å². The van der Waals surface area contributed by atoms with Crippen molar-refractivity contribution >= 4 is 5.91 Å². The largest absolute Gasteiger partial charge is 0.389 e. The van der Waals surface area contributed by atoms with Gasteiger partial charge in [-0.15, -0.1) is 0 Å². The van der Waals surface area contributed by atoms with Crippen LogP contribution in [-0.2, 0) is 4.79 Å². The number of hydrogen-bond donors (Lipinski definition) is 1. The molecule has 0 saturated carbocycles. The molecule has 4 heteroatoms. The molecular weight excluding hydrogens is 156 g/mol. The first-order valence-corrected chi connectivity index (χ1v) is 4.15. The second-order valence-corrected chi connectivity index (χ2v) is 3.54. The summed E-state index contributed by atoms with van der Waals surface area (Å²) in [5.41, 5.74) is 0. The number of nitrogens with zero attached hydrogens (tertiary/aromatic N) is 2. The number of rotatable bonds is 2. The van der Waals surface area contributed by atoms with Gasteiger partial charge >= 0.3 is 0 Å². The third kappa shape index (κ3) is 1.76. The molecule has 1 fully saturated rings. The van der Waals surface area contributed by atoms with Crippen molar-refractivity contribution in [1.82, 2.24) is 9.80 Å². The van der Waals surface area contributed by atoms with E-state index in [0.717, 1.165) is 0 Å². The number of likely N-dealkylation sites (N-methyl/N-ethyl adjacent to an activating group) is 1. The molecule has 70 valence electrons. The van der Waals surface area contributed by atoms with E-state index >= 15 is 0 Å². The van der Waals surface area contributed by atoms with E-state index in [9.17, 15) is 4.79 Å². The second-order valence-electron chi connectivity index (χ2n) is 3.54. The van der Waals surface area contributed by atoms with Gasteiger partial charge in [0.05, 0.1) is 12.1 Å². The van der Waals surface area contributed by atoms with Crippen molar-refractivity contribution in [2.75, 3.05) is 27.2 Å². The van der Waals surface area contributed by atoms with Gasteiger partial charge in [0, 0.05) is 13.1 Å². The van der Waals surface area contributed by atoms with E-state index in [2.05, 4.69) is 0 Å². The fourth-order valence-corrected chi connectivity index (χ4v) is 1.12. The van der Waals surface area contributed by atoms with Crippen LogP contribution in [-0.4, -0.2) is 60.1 Å². The molecule has 0 aromatic rings. The van der Waals surface area contributed by atoms with Gasteiger partial charge in [0.15, 0.2) is 0 Å². The third-order valence-electron chi connectivity index (χ3n) is 2.31. The van der Waals surface area contributed by atoms with Crippen LogP contribution < -0.4 is 0 Å². The fraction of sp³-hybridized carbons (Fsp3) is 0.875. The Kier molecular flexibility index (Phi) is 2.69. The van der Waals surface area contributed by atoms with Crippen molar-refractivity contribution in [3.05, 3.63) is 0 Å². The summed E-state index contributed by atoms with van der Waals surface area (Å²) in [5, 5.41) is 8.98. The SMILES string of the molecule is C[C@@H](C(=O)N1CC(O)C1)N(C)C. The summed E-state index contributed by atoms with van der Waals surface area (Å²) >= 11 is 0. The number of likely N-dealkylation sites (tertiary alicyclic amines) is 1. The van der Waals surface area contributed by atoms with Crippen LogP contribution in [0.3, 0.4) is 0 Å². The van der Waals surface area contributed by atoms with Crippen molar-refractivity contribution < 1.29 is 9.90 Å². The van der Waals surface area contributed by atoms with Crippen molar-refractivity contribution in [2.45, 2.75) is 19.1 Å². The summed E-state index contributed by atoms with van der Waals surface area (Å²) in [6.45, 7) is 2.86. The lowest BCUT2D eigenvalue weighted by molar-refractivity contribution is -0.145. The molecule has 1 saturated heterocycles. The molecule has 0 aromatic carbocycles. The first kappa shape index (κ1) is 9.48. The maximum atomic E-state index is 11.5. The van der Waals surface area contributed by atoms with E-state index in [1.165, 1.54) is 0 Å². The van der Waals surface area contributed by atoms with Crippen LogP contribution in [0.4, 0.5) is 0 Å². The van der Waals surface area contributed by atoms with Crippen molar-refractivity contribution in [2.24, 2.45) is 0 Å². The highest BCUT2D eigenvalue weighted by molar-refractivity contribution is 5.82. The molecule has 0 aromatic heterocycles. The molecule has 1 heterocycles. The summed E-state index contributed by atoms with van der Waals surface area (Å²) < 4.78 is 0. The Hall–Kier alpha value is -0.610. The number of aliphatic hydroxyl groups excluding tert-OH is 1. The zero-order chi connectivity index (χ0) is 9.30. The Bertz CT molecular complexity index is 176. The highest BCUT2D eigenvalue weighted by atomic mass is 16.3. The van der Waals surface area contributed by atoms with Crippen LogP contribution in [0.2, 0.25) is 0 Å². The summed E-state index contributed by atoms with van der Waals surface area (Å²) in [6.07, 6.45) is -0.302. The van der Waals surface area contributed by atoms with Crippen LogP contribution in [0, 0.1) is 0 Å². The van der Waals surface area contributed by atoms with Crippen LogP contribution in [0.1, 0.15) is 6.92 Å². The zero-order valence-corrected chi connectivity index (χ0v) is 7.82. The number of carbonyl (C=O) groups is 1. The molecule has 1 N–H and O–H groups in total. The summed E-state index contributed by atoms with van der Waals surface area (Å²) in [7, 11) is 3.75. The van der Waals surface area contributed by atoms with E-state index in [0.29, 0.717) is 13.1 Å². The molecular formula is C8H16N2O2. The van der Waals surface area contributed by atoms with Crippen LogP contribution in [0.15, 0.2) is 0 Å². The van der Waals surface area contributed by atoms with Gasteiger partial charge in [0.2, 0.25) is 5.91 Å². The maximum absolute atomic E-state index is 11.5. The molecule has 0 unspecified atom stereocenters. The van der Waals surface area contributed by atoms with Crippen LogP contribution in [0.25, 0.3) is 0 Å². The van der Waals surface area contributed by atoms with Gasteiger partial charge in [-0.3, -0.25) is 9.69 Å². The molecule has 1 aliphatic heterocycles. The number of amides is 1. The quantitative estimate of drug-likeness (QED) is 0.589. The molecule has 1 aliphatic rings. The Labute approximate surface area is 72.8 Å². The Morgan fingerprint density at radius 1 is 1.58 bits per heavy atom. The average Bonchev–Trinajstić information content (AvgIpc) is 1.95. The lowest BCUT2D eigenvalue weighted by atomic mass is 10.1. The molecule has 1 rings (SSSR count). The van der Waals surface area contributed by atoms with Gasteiger partial charge in [-0.2, -0.15) is 0 Å². The van der Waals surface area contributed by atoms with Gasteiger partial charge in [0.1, 0.15) is 0 Å². The van der Waals surface area contributed by atoms with E-state index in [1.54, 1.807) is 4.90 Å². The third-order valence-corrected chi connectivity index (χ3v) is 2.31. The Morgan fingerprint density at radius 2 is 2.08 bits per heavy atom. The lowest BCUT2D eigenvalue weighted by Crippen LogP contribution is -2.57. The van der Waals surface area contributed by atoms with Gasteiger partial charge in [-0.05, 0) is 21.0 Å². The fourth-order valence-electron chi connectivity index (χ4n) is 1.12. The van der Waals surface area contributed by atoms with E-state index in [-0.39, 0.29) is 18.1 Å². The summed E-state index contributed by atoms with van der Waals surface area (Å²) in [5.74, 6) is 0.102. The summed E-state index contributed by atoms with van der Waals surface area (Å²) in [4.78, 5) is 15.0. The smallest absolute Gasteiger partial charge is 0.239 e. The zero-order valence-electron chi connectivity index (χ0n) is 7.82. The Morgan fingerprint density at radius 3 is 2.42 bits per heavy atom. The minimum Gasteiger partial charge on any atom is -0.389 e. The minimum atomic E-state index is -0.302. The first-order valence-electron chi connectivity index (χ1n) is 4.15. The first-order chi connectivity index (χ1) is 5.52. The monoisotopic (exact) mass is 172 g/mol. The normalized spacial score (nSPS) is 20.9. The van der Waals surface area contributed by atoms with Gasteiger partial charge in [-0.25, -0.2) is 0 Å². The van der Waals surface area contributed by atoms with E-state index < -0.39 is 0 Å². The number of hydrogen-bond acceptors (Lipinski definition) is 3. The van der Waals surface area contributed by atoms with Crippen molar-refractivity contribution in [1.29, 1.82) is 0 Å². The molecule has 0 radical (unpaired) electrons. The predicted molar refractivity (Wildman–Crippen MR) is 45.7 cm³/mol. The molecule has 0 aliphatic carbocycles. The standard InChI is InChI=1S/C8H16N2O2/c1-6(9(2)3)8(12)10-4-7(11)5-10/h6-7,11H,4-5H2,1-3H3/t6-/m0/s1. The van der Waals surface area contributed by atoms with Crippen molar-refractivity contribution in [3.8, 4) is 0 Å². The maximum Gasteiger partial charge on any atom is 0.239 e. The van der Waals surface area contributed by atoms with Gasteiger partial charge in [0.25, 0.3) is 0 Å². The molecule has 12 heavy (non-hydrogen) atoms. The Balaban J connectivity index is 2.38. The highest BCUT2D eigenvalue weighted by Crippen LogP contribution is 2.10. The molecule has 0 spiro atoms. The topological polar surface area (TPSA) is 43.8 Å². The predicted octanol–water partition coefficient (Wildman–Crippen LogP) is -0.860.